The van der Waals surface area contributed by atoms with Crippen molar-refractivity contribution in [2.45, 2.75) is 32.2 Å². The van der Waals surface area contributed by atoms with Crippen molar-refractivity contribution in [3.8, 4) is 0 Å². The van der Waals surface area contributed by atoms with Gasteiger partial charge in [-0.1, -0.05) is 60.7 Å². The van der Waals surface area contributed by atoms with Crippen LogP contribution in [0, 0.1) is 0 Å². The van der Waals surface area contributed by atoms with Crippen molar-refractivity contribution >= 4 is 5.91 Å². The van der Waals surface area contributed by atoms with Crippen LogP contribution in [0.3, 0.4) is 0 Å². The number of rotatable bonds is 6. The second-order valence-electron chi connectivity index (χ2n) is 5.53. The first kappa shape index (κ1) is 15.3. The molecule has 0 aromatic heterocycles. The van der Waals surface area contributed by atoms with Crippen LogP contribution in [0.4, 0.5) is 0 Å². The van der Waals surface area contributed by atoms with E-state index in [4.69, 9.17) is 0 Å². The third kappa shape index (κ3) is 4.75. The Labute approximate surface area is 127 Å². The molecule has 2 rings (SSSR count). The smallest absolute Gasteiger partial charge is 0.222 e. The lowest BCUT2D eigenvalue weighted by Crippen LogP contribution is -2.36. The number of aryl methyl sites for hydroxylation is 1. The zero-order chi connectivity index (χ0) is 15.1. The number of nitrogens with zero attached hydrogens (tertiary/aromatic N) is 1. The van der Waals surface area contributed by atoms with E-state index in [0.717, 1.165) is 12.8 Å². The highest BCUT2D eigenvalue weighted by molar-refractivity contribution is 5.76. The third-order valence-corrected chi connectivity index (χ3v) is 3.90. The molecule has 2 heteroatoms. The summed E-state index contributed by atoms with van der Waals surface area (Å²) in [6, 6.07) is 20.7. The van der Waals surface area contributed by atoms with Gasteiger partial charge in [0.15, 0.2) is 0 Å². The Hall–Kier alpha value is -2.09. The van der Waals surface area contributed by atoms with Crippen LogP contribution in [0.25, 0.3) is 0 Å². The first-order valence-corrected chi connectivity index (χ1v) is 7.50. The van der Waals surface area contributed by atoms with E-state index in [0.29, 0.717) is 6.42 Å². The minimum absolute atomic E-state index is 0.210. The molecule has 0 spiro atoms. The molecule has 1 unspecified atom stereocenters. The summed E-state index contributed by atoms with van der Waals surface area (Å²) in [6.45, 7) is 2.10. The molecule has 0 saturated carbocycles. The van der Waals surface area contributed by atoms with E-state index >= 15 is 0 Å². The summed E-state index contributed by atoms with van der Waals surface area (Å²) in [6.07, 6.45) is 2.27. The van der Waals surface area contributed by atoms with Gasteiger partial charge in [-0.15, -0.1) is 0 Å². The van der Waals surface area contributed by atoms with Gasteiger partial charge in [0.2, 0.25) is 5.91 Å². The summed E-state index contributed by atoms with van der Waals surface area (Å²) < 4.78 is 0. The van der Waals surface area contributed by atoms with Gasteiger partial charge in [-0.05, 0) is 30.9 Å². The minimum Gasteiger partial charge on any atom is -0.343 e. The number of benzene rings is 2. The quantitative estimate of drug-likeness (QED) is 0.790. The second-order valence-corrected chi connectivity index (χ2v) is 5.53. The predicted octanol–water partition coefficient (Wildman–Crippen LogP) is 3.71. The van der Waals surface area contributed by atoms with Crippen LogP contribution in [0.5, 0.6) is 0 Å². The Morgan fingerprint density at radius 2 is 1.48 bits per heavy atom. The van der Waals surface area contributed by atoms with Gasteiger partial charge in [0.25, 0.3) is 0 Å². The molecule has 0 aliphatic carbocycles. The average molecular weight is 281 g/mol. The van der Waals surface area contributed by atoms with Gasteiger partial charge >= 0.3 is 0 Å². The summed E-state index contributed by atoms with van der Waals surface area (Å²) in [5, 5.41) is 0. The van der Waals surface area contributed by atoms with Gasteiger partial charge in [0, 0.05) is 19.5 Å². The third-order valence-electron chi connectivity index (χ3n) is 3.90. The normalized spacial score (nSPS) is 11.9. The maximum Gasteiger partial charge on any atom is 0.222 e. The highest BCUT2D eigenvalue weighted by Gasteiger charge is 2.15. The van der Waals surface area contributed by atoms with Crippen LogP contribution in [-0.2, 0) is 17.6 Å². The van der Waals surface area contributed by atoms with Crippen molar-refractivity contribution in [3.63, 3.8) is 0 Å². The molecule has 0 fully saturated rings. The van der Waals surface area contributed by atoms with E-state index in [1.807, 2.05) is 48.3 Å². The maximum absolute atomic E-state index is 12.3. The SMILES string of the molecule is CC(Cc1ccccc1)N(C)C(=O)CCc1ccccc1. The number of carbonyl (C=O) groups excluding carboxylic acids is 1. The van der Waals surface area contributed by atoms with Crippen LogP contribution < -0.4 is 0 Å². The van der Waals surface area contributed by atoms with E-state index in [9.17, 15) is 4.79 Å². The fourth-order valence-corrected chi connectivity index (χ4v) is 2.41. The van der Waals surface area contributed by atoms with Crippen LogP contribution in [0.2, 0.25) is 0 Å². The van der Waals surface area contributed by atoms with E-state index < -0.39 is 0 Å². The van der Waals surface area contributed by atoms with E-state index in [1.54, 1.807) is 0 Å². The lowest BCUT2D eigenvalue weighted by atomic mass is 10.1. The molecule has 21 heavy (non-hydrogen) atoms. The number of carbonyl (C=O) groups is 1. The molecule has 2 aromatic carbocycles. The van der Waals surface area contributed by atoms with Gasteiger partial charge in [-0.3, -0.25) is 4.79 Å². The number of amides is 1. The summed E-state index contributed by atoms with van der Waals surface area (Å²) in [7, 11) is 1.90. The van der Waals surface area contributed by atoms with Gasteiger partial charge in [0.1, 0.15) is 0 Å². The standard InChI is InChI=1S/C19H23NO/c1-16(15-18-11-7-4-8-12-18)20(2)19(21)14-13-17-9-5-3-6-10-17/h3-12,16H,13-15H2,1-2H3. The first-order chi connectivity index (χ1) is 10.2. The van der Waals surface area contributed by atoms with Crippen molar-refractivity contribution in [1.29, 1.82) is 0 Å². The lowest BCUT2D eigenvalue weighted by molar-refractivity contribution is -0.131. The topological polar surface area (TPSA) is 20.3 Å². The van der Waals surface area contributed by atoms with Gasteiger partial charge in [-0.2, -0.15) is 0 Å². The van der Waals surface area contributed by atoms with Crippen molar-refractivity contribution in [2.75, 3.05) is 7.05 Å². The van der Waals surface area contributed by atoms with Crippen LogP contribution in [-0.4, -0.2) is 23.9 Å². The molecule has 0 aliphatic rings. The van der Waals surface area contributed by atoms with E-state index in [2.05, 4.69) is 31.2 Å². The zero-order valence-corrected chi connectivity index (χ0v) is 12.8. The van der Waals surface area contributed by atoms with Crippen molar-refractivity contribution in [3.05, 3.63) is 71.8 Å². The first-order valence-electron chi connectivity index (χ1n) is 7.50. The van der Waals surface area contributed by atoms with Crippen molar-refractivity contribution < 1.29 is 4.79 Å². The molecule has 110 valence electrons. The monoisotopic (exact) mass is 281 g/mol. The summed E-state index contributed by atoms with van der Waals surface area (Å²) in [5.74, 6) is 0.210. The van der Waals surface area contributed by atoms with Crippen LogP contribution >= 0.6 is 0 Å². The Kier molecular flexibility index (Phi) is 5.56. The summed E-state index contributed by atoms with van der Waals surface area (Å²) in [5.41, 5.74) is 2.49. The fourth-order valence-electron chi connectivity index (χ4n) is 2.41. The molecular weight excluding hydrogens is 258 g/mol. The zero-order valence-electron chi connectivity index (χ0n) is 12.8. The molecular formula is C19H23NO. The van der Waals surface area contributed by atoms with E-state index in [1.165, 1.54) is 11.1 Å². The molecule has 0 N–H and O–H groups in total. The van der Waals surface area contributed by atoms with Gasteiger partial charge < -0.3 is 4.90 Å². The molecule has 1 atom stereocenters. The molecule has 0 heterocycles. The highest BCUT2D eigenvalue weighted by Crippen LogP contribution is 2.10. The number of likely N-dealkylation sites (N-methyl/N-ethyl adjacent to an activating group) is 1. The Morgan fingerprint density at radius 1 is 0.952 bits per heavy atom. The highest BCUT2D eigenvalue weighted by atomic mass is 16.2. The largest absolute Gasteiger partial charge is 0.343 e. The second kappa shape index (κ2) is 7.63. The summed E-state index contributed by atoms with van der Waals surface area (Å²) in [4.78, 5) is 14.1. The van der Waals surface area contributed by atoms with Crippen LogP contribution in [0.15, 0.2) is 60.7 Å². The number of hydrogen-bond acceptors (Lipinski definition) is 1. The summed E-state index contributed by atoms with van der Waals surface area (Å²) >= 11 is 0. The molecule has 1 amide bonds. The van der Waals surface area contributed by atoms with Crippen LogP contribution in [0.1, 0.15) is 24.5 Å². The van der Waals surface area contributed by atoms with E-state index in [-0.39, 0.29) is 11.9 Å². The van der Waals surface area contributed by atoms with Gasteiger partial charge in [0.05, 0.1) is 0 Å². The molecule has 0 bridgehead atoms. The number of hydrogen-bond donors (Lipinski definition) is 0. The minimum atomic E-state index is 0.210. The lowest BCUT2D eigenvalue weighted by Gasteiger charge is -2.25. The Morgan fingerprint density at radius 3 is 2.05 bits per heavy atom. The average Bonchev–Trinajstić information content (AvgIpc) is 2.53. The molecule has 2 aromatic rings. The fraction of sp³-hybridized carbons (Fsp3) is 0.316. The molecule has 0 aliphatic heterocycles. The Bertz CT molecular complexity index is 550. The predicted molar refractivity (Wildman–Crippen MR) is 87.1 cm³/mol. The van der Waals surface area contributed by atoms with Crippen molar-refractivity contribution in [1.82, 2.24) is 4.90 Å². The Balaban J connectivity index is 1.84. The molecule has 0 radical (unpaired) electrons. The molecule has 0 saturated heterocycles. The van der Waals surface area contributed by atoms with Gasteiger partial charge in [-0.25, -0.2) is 0 Å². The van der Waals surface area contributed by atoms with Crippen molar-refractivity contribution in [2.24, 2.45) is 0 Å². The maximum atomic E-state index is 12.3. The molecule has 2 nitrogen and oxygen atoms in total.